The number of methoxy groups -OCH3 is 1. The Labute approximate surface area is 138 Å². The van der Waals surface area contributed by atoms with Gasteiger partial charge in [0, 0.05) is 6.92 Å². The lowest BCUT2D eigenvalue weighted by molar-refractivity contribution is -0.132. The van der Waals surface area contributed by atoms with Crippen LogP contribution in [-0.4, -0.2) is 30.3 Å². The maximum absolute atomic E-state index is 11.9. The first-order valence-corrected chi connectivity index (χ1v) is 6.99. The summed E-state index contributed by atoms with van der Waals surface area (Å²) >= 11 is 0. The Morgan fingerprint density at radius 3 is 2.58 bits per heavy atom. The van der Waals surface area contributed by atoms with Gasteiger partial charge in [-0.1, -0.05) is 12.1 Å². The number of ether oxygens (including phenoxy) is 2. The van der Waals surface area contributed by atoms with Crippen molar-refractivity contribution >= 4 is 18.1 Å². The SMILES string of the molecule is COc1cc(/C=N\NC(=O)c2ccccc2O)ccc1OC(C)=O. The van der Waals surface area contributed by atoms with Crippen LogP contribution >= 0.6 is 0 Å². The van der Waals surface area contributed by atoms with Crippen LogP contribution in [0, 0.1) is 0 Å². The lowest BCUT2D eigenvalue weighted by Crippen LogP contribution is -2.17. The molecule has 7 nitrogen and oxygen atoms in total. The smallest absolute Gasteiger partial charge is 0.308 e. The number of carbonyl (C=O) groups excluding carboxylic acids is 2. The van der Waals surface area contributed by atoms with E-state index in [2.05, 4.69) is 10.5 Å². The van der Waals surface area contributed by atoms with Crippen LogP contribution in [0.5, 0.6) is 17.2 Å². The van der Waals surface area contributed by atoms with Gasteiger partial charge in [-0.15, -0.1) is 0 Å². The molecule has 0 bridgehead atoms. The van der Waals surface area contributed by atoms with Gasteiger partial charge in [-0.05, 0) is 35.9 Å². The van der Waals surface area contributed by atoms with Crippen molar-refractivity contribution in [3.05, 3.63) is 53.6 Å². The Balaban J connectivity index is 2.08. The monoisotopic (exact) mass is 328 g/mol. The average Bonchev–Trinajstić information content (AvgIpc) is 2.56. The molecule has 0 radical (unpaired) electrons. The first kappa shape index (κ1) is 17.0. The number of amides is 1. The van der Waals surface area contributed by atoms with Gasteiger partial charge in [-0.25, -0.2) is 5.43 Å². The molecular formula is C17H16N2O5. The molecule has 7 heteroatoms. The van der Waals surface area contributed by atoms with Gasteiger partial charge in [0.25, 0.3) is 5.91 Å². The maximum atomic E-state index is 11.9. The number of carbonyl (C=O) groups is 2. The zero-order chi connectivity index (χ0) is 17.5. The topological polar surface area (TPSA) is 97.2 Å². The highest BCUT2D eigenvalue weighted by molar-refractivity contribution is 5.97. The van der Waals surface area contributed by atoms with Crippen LogP contribution < -0.4 is 14.9 Å². The summed E-state index contributed by atoms with van der Waals surface area (Å²) in [6, 6.07) is 11.0. The molecule has 0 saturated carbocycles. The van der Waals surface area contributed by atoms with Crippen LogP contribution in [0.2, 0.25) is 0 Å². The van der Waals surface area contributed by atoms with Crippen molar-refractivity contribution in [2.75, 3.05) is 7.11 Å². The summed E-state index contributed by atoms with van der Waals surface area (Å²) in [6.07, 6.45) is 1.40. The number of hydrogen-bond acceptors (Lipinski definition) is 6. The van der Waals surface area contributed by atoms with Gasteiger partial charge in [0.15, 0.2) is 11.5 Å². The van der Waals surface area contributed by atoms with E-state index < -0.39 is 11.9 Å². The summed E-state index contributed by atoms with van der Waals surface area (Å²) in [7, 11) is 1.45. The number of benzene rings is 2. The van der Waals surface area contributed by atoms with Crippen LogP contribution in [0.1, 0.15) is 22.8 Å². The molecule has 0 spiro atoms. The fourth-order valence-electron chi connectivity index (χ4n) is 1.89. The molecule has 0 aromatic heterocycles. The fraction of sp³-hybridized carbons (Fsp3) is 0.118. The van der Waals surface area contributed by atoms with E-state index in [9.17, 15) is 14.7 Å². The van der Waals surface area contributed by atoms with Gasteiger partial charge >= 0.3 is 5.97 Å². The lowest BCUT2D eigenvalue weighted by atomic mass is 10.2. The summed E-state index contributed by atoms with van der Waals surface area (Å²) in [5.41, 5.74) is 3.06. The molecule has 0 aliphatic rings. The van der Waals surface area contributed by atoms with Gasteiger partial charge in [0.1, 0.15) is 5.75 Å². The average molecular weight is 328 g/mol. The van der Waals surface area contributed by atoms with Gasteiger partial charge < -0.3 is 14.6 Å². The quantitative estimate of drug-likeness (QED) is 0.379. The van der Waals surface area contributed by atoms with Gasteiger partial charge in [0.05, 0.1) is 18.9 Å². The molecule has 2 aromatic carbocycles. The number of aromatic hydroxyl groups is 1. The predicted molar refractivity (Wildman–Crippen MR) is 87.5 cm³/mol. The zero-order valence-electron chi connectivity index (χ0n) is 13.1. The first-order chi connectivity index (χ1) is 11.5. The lowest BCUT2D eigenvalue weighted by Gasteiger charge is -2.08. The molecule has 2 aromatic rings. The fourth-order valence-corrected chi connectivity index (χ4v) is 1.89. The number of nitrogens with zero attached hydrogens (tertiary/aromatic N) is 1. The van der Waals surface area contributed by atoms with Crippen molar-refractivity contribution in [3.63, 3.8) is 0 Å². The number of para-hydroxylation sites is 1. The summed E-state index contributed by atoms with van der Waals surface area (Å²) in [6.45, 7) is 1.29. The highest BCUT2D eigenvalue weighted by Gasteiger charge is 2.09. The molecule has 0 saturated heterocycles. The van der Waals surface area contributed by atoms with Gasteiger partial charge in [-0.3, -0.25) is 9.59 Å². The summed E-state index contributed by atoms with van der Waals surface area (Å²) < 4.78 is 10.1. The molecule has 0 unspecified atom stereocenters. The van der Waals surface area contributed by atoms with Crippen LogP contribution in [0.3, 0.4) is 0 Å². The van der Waals surface area contributed by atoms with Crippen molar-refractivity contribution in [2.45, 2.75) is 6.92 Å². The molecule has 0 aliphatic heterocycles. The third-order valence-corrected chi connectivity index (χ3v) is 2.97. The Kier molecular flexibility index (Phi) is 5.51. The van der Waals surface area contributed by atoms with Crippen molar-refractivity contribution in [3.8, 4) is 17.2 Å². The van der Waals surface area contributed by atoms with E-state index in [-0.39, 0.29) is 11.3 Å². The molecule has 0 atom stereocenters. The minimum absolute atomic E-state index is 0.123. The minimum Gasteiger partial charge on any atom is -0.507 e. The number of hydrogen-bond donors (Lipinski definition) is 2. The van der Waals surface area contributed by atoms with E-state index in [1.807, 2.05) is 0 Å². The zero-order valence-corrected chi connectivity index (χ0v) is 13.1. The highest BCUT2D eigenvalue weighted by Crippen LogP contribution is 2.27. The number of nitrogens with one attached hydrogen (secondary N) is 1. The van der Waals surface area contributed by atoms with E-state index in [4.69, 9.17) is 9.47 Å². The third kappa shape index (κ3) is 4.33. The Morgan fingerprint density at radius 1 is 1.17 bits per heavy atom. The van der Waals surface area contributed by atoms with E-state index in [0.717, 1.165) is 0 Å². The number of phenolic OH excluding ortho intramolecular Hbond substituents is 1. The van der Waals surface area contributed by atoms with E-state index in [1.54, 1.807) is 30.3 Å². The first-order valence-electron chi connectivity index (χ1n) is 6.99. The standard InChI is InChI=1S/C17H16N2O5/c1-11(20)24-15-8-7-12(9-16(15)23-2)10-18-19-17(22)13-5-3-4-6-14(13)21/h3-10,21H,1-2H3,(H,19,22)/b18-10-. The summed E-state index contributed by atoms with van der Waals surface area (Å²) in [4.78, 5) is 22.9. The highest BCUT2D eigenvalue weighted by atomic mass is 16.6. The Hall–Kier alpha value is -3.35. The molecule has 2 N–H and O–H groups in total. The Bertz CT molecular complexity index is 786. The van der Waals surface area contributed by atoms with Crippen molar-refractivity contribution in [2.24, 2.45) is 5.10 Å². The second kappa shape index (κ2) is 7.77. The van der Waals surface area contributed by atoms with Crippen molar-refractivity contribution in [1.82, 2.24) is 5.43 Å². The van der Waals surface area contributed by atoms with E-state index in [1.165, 1.54) is 32.4 Å². The van der Waals surface area contributed by atoms with Gasteiger partial charge in [-0.2, -0.15) is 5.10 Å². The molecular weight excluding hydrogens is 312 g/mol. The number of phenols is 1. The second-order valence-electron chi connectivity index (χ2n) is 4.72. The van der Waals surface area contributed by atoms with Crippen molar-refractivity contribution in [1.29, 1.82) is 0 Å². The third-order valence-electron chi connectivity index (χ3n) is 2.97. The predicted octanol–water partition coefficient (Wildman–Crippen LogP) is 2.09. The van der Waals surface area contributed by atoms with Crippen LogP contribution in [0.4, 0.5) is 0 Å². The van der Waals surface area contributed by atoms with Crippen LogP contribution in [-0.2, 0) is 4.79 Å². The maximum Gasteiger partial charge on any atom is 0.308 e. The Morgan fingerprint density at radius 2 is 1.92 bits per heavy atom. The molecule has 0 heterocycles. The largest absolute Gasteiger partial charge is 0.507 e. The molecule has 124 valence electrons. The van der Waals surface area contributed by atoms with Gasteiger partial charge in [0.2, 0.25) is 0 Å². The normalized spacial score (nSPS) is 10.4. The molecule has 1 amide bonds. The van der Waals surface area contributed by atoms with E-state index >= 15 is 0 Å². The van der Waals surface area contributed by atoms with E-state index in [0.29, 0.717) is 17.1 Å². The molecule has 24 heavy (non-hydrogen) atoms. The molecule has 2 rings (SSSR count). The number of rotatable bonds is 5. The second-order valence-corrected chi connectivity index (χ2v) is 4.72. The van der Waals surface area contributed by atoms with Crippen LogP contribution in [0.15, 0.2) is 47.6 Å². The molecule has 0 aliphatic carbocycles. The summed E-state index contributed by atoms with van der Waals surface area (Å²) in [5, 5.41) is 13.4. The van der Waals surface area contributed by atoms with Crippen molar-refractivity contribution < 1.29 is 24.2 Å². The summed E-state index contributed by atoms with van der Waals surface area (Å²) in [5.74, 6) is -0.461. The minimum atomic E-state index is -0.534. The number of esters is 1. The van der Waals surface area contributed by atoms with Crippen LogP contribution in [0.25, 0.3) is 0 Å². The number of hydrazone groups is 1. The molecule has 0 fully saturated rings.